The fourth-order valence-corrected chi connectivity index (χ4v) is 2.18. The van der Waals surface area contributed by atoms with Crippen molar-refractivity contribution in [1.82, 2.24) is 0 Å². The Morgan fingerprint density at radius 1 is 1.10 bits per heavy atom. The standard InChI is InChI=1S/C16H13BrN2O2/c17-12-5-3-4-11(10-12)8-9-15(20)19-14-7-2-1-6-13(14)16(18)21/h1-10H,(H2,18,21)(H,19,20). The van der Waals surface area contributed by atoms with Crippen LogP contribution in [0.2, 0.25) is 0 Å². The maximum atomic E-state index is 11.9. The molecule has 2 amide bonds. The van der Waals surface area contributed by atoms with Gasteiger partial charge >= 0.3 is 0 Å². The Hall–Kier alpha value is -2.40. The Bertz CT molecular complexity index is 711. The molecular formula is C16H13BrN2O2. The van der Waals surface area contributed by atoms with E-state index in [-0.39, 0.29) is 11.5 Å². The molecule has 0 radical (unpaired) electrons. The van der Waals surface area contributed by atoms with Crippen molar-refractivity contribution in [3.05, 3.63) is 70.2 Å². The highest BCUT2D eigenvalue weighted by atomic mass is 79.9. The molecule has 106 valence electrons. The summed E-state index contributed by atoms with van der Waals surface area (Å²) in [5.74, 6) is -0.912. The number of nitrogens with one attached hydrogen (secondary N) is 1. The topological polar surface area (TPSA) is 72.2 Å². The van der Waals surface area contributed by atoms with Crippen LogP contribution in [-0.2, 0) is 4.79 Å². The number of rotatable bonds is 4. The minimum absolute atomic E-state index is 0.279. The number of anilines is 1. The zero-order chi connectivity index (χ0) is 15.2. The minimum atomic E-state index is -0.582. The highest BCUT2D eigenvalue weighted by molar-refractivity contribution is 9.10. The van der Waals surface area contributed by atoms with Gasteiger partial charge in [0, 0.05) is 10.5 Å². The molecule has 0 spiro atoms. The van der Waals surface area contributed by atoms with Crippen molar-refractivity contribution >= 4 is 39.5 Å². The first-order valence-corrected chi connectivity index (χ1v) is 6.99. The van der Waals surface area contributed by atoms with E-state index in [0.717, 1.165) is 10.0 Å². The molecule has 4 nitrogen and oxygen atoms in total. The summed E-state index contributed by atoms with van der Waals surface area (Å²) in [5.41, 5.74) is 6.83. The van der Waals surface area contributed by atoms with E-state index >= 15 is 0 Å². The van der Waals surface area contributed by atoms with Crippen molar-refractivity contribution in [2.24, 2.45) is 5.73 Å². The van der Waals surface area contributed by atoms with Gasteiger partial charge in [-0.2, -0.15) is 0 Å². The van der Waals surface area contributed by atoms with Crippen LogP contribution in [0.3, 0.4) is 0 Å². The van der Waals surface area contributed by atoms with Crippen molar-refractivity contribution < 1.29 is 9.59 Å². The van der Waals surface area contributed by atoms with Crippen molar-refractivity contribution in [2.75, 3.05) is 5.32 Å². The Morgan fingerprint density at radius 3 is 2.57 bits per heavy atom. The molecule has 2 rings (SSSR count). The third-order valence-electron chi connectivity index (χ3n) is 2.73. The summed E-state index contributed by atoms with van der Waals surface area (Å²) in [7, 11) is 0. The van der Waals surface area contributed by atoms with Crippen molar-refractivity contribution in [3.8, 4) is 0 Å². The monoisotopic (exact) mass is 344 g/mol. The lowest BCUT2D eigenvalue weighted by molar-refractivity contribution is -0.111. The van der Waals surface area contributed by atoms with E-state index in [4.69, 9.17) is 5.73 Å². The second-order valence-electron chi connectivity index (χ2n) is 4.29. The number of carbonyl (C=O) groups is 2. The predicted octanol–water partition coefficient (Wildman–Crippen LogP) is 3.20. The minimum Gasteiger partial charge on any atom is -0.366 e. The fourth-order valence-electron chi connectivity index (χ4n) is 1.76. The molecule has 0 aliphatic rings. The SMILES string of the molecule is NC(=O)c1ccccc1NC(=O)C=Cc1cccc(Br)c1. The van der Waals surface area contributed by atoms with Crippen molar-refractivity contribution in [1.29, 1.82) is 0 Å². The molecule has 0 aliphatic heterocycles. The molecule has 0 aromatic heterocycles. The van der Waals surface area contributed by atoms with Crippen LogP contribution in [-0.4, -0.2) is 11.8 Å². The van der Waals surface area contributed by atoms with Crippen molar-refractivity contribution in [2.45, 2.75) is 0 Å². The van der Waals surface area contributed by atoms with Crippen LogP contribution in [0.5, 0.6) is 0 Å². The number of primary amides is 1. The quantitative estimate of drug-likeness (QED) is 0.836. The van der Waals surface area contributed by atoms with E-state index < -0.39 is 5.91 Å². The van der Waals surface area contributed by atoms with Crippen LogP contribution >= 0.6 is 15.9 Å². The zero-order valence-corrected chi connectivity index (χ0v) is 12.6. The maximum absolute atomic E-state index is 11.9. The van der Waals surface area contributed by atoms with Crippen LogP contribution in [0.25, 0.3) is 6.08 Å². The molecule has 5 heteroatoms. The number of hydrogen-bond donors (Lipinski definition) is 2. The van der Waals surface area contributed by atoms with Gasteiger partial charge in [0.05, 0.1) is 11.3 Å². The van der Waals surface area contributed by atoms with E-state index in [1.54, 1.807) is 30.3 Å². The van der Waals surface area contributed by atoms with E-state index in [0.29, 0.717) is 5.69 Å². The highest BCUT2D eigenvalue weighted by Gasteiger charge is 2.08. The third kappa shape index (κ3) is 4.29. The first-order chi connectivity index (χ1) is 10.1. The van der Waals surface area contributed by atoms with E-state index in [1.165, 1.54) is 6.08 Å². The predicted molar refractivity (Wildman–Crippen MR) is 86.8 cm³/mol. The van der Waals surface area contributed by atoms with E-state index in [2.05, 4.69) is 21.2 Å². The average molecular weight is 345 g/mol. The molecule has 0 atom stereocenters. The van der Waals surface area contributed by atoms with Gasteiger partial charge in [-0.3, -0.25) is 9.59 Å². The Balaban J connectivity index is 2.10. The third-order valence-corrected chi connectivity index (χ3v) is 3.22. The molecule has 0 saturated carbocycles. The van der Waals surface area contributed by atoms with Crippen LogP contribution in [0, 0.1) is 0 Å². The lowest BCUT2D eigenvalue weighted by Gasteiger charge is -2.06. The Labute approximate surface area is 130 Å². The van der Waals surface area contributed by atoms with Gasteiger partial charge < -0.3 is 11.1 Å². The number of halogens is 1. The molecule has 0 heterocycles. The van der Waals surface area contributed by atoms with Gasteiger partial charge in [-0.15, -0.1) is 0 Å². The molecular weight excluding hydrogens is 332 g/mol. The number of hydrogen-bond acceptors (Lipinski definition) is 2. The normalized spacial score (nSPS) is 10.5. The Morgan fingerprint density at radius 2 is 1.86 bits per heavy atom. The van der Waals surface area contributed by atoms with Gasteiger partial charge in [-0.25, -0.2) is 0 Å². The maximum Gasteiger partial charge on any atom is 0.250 e. The number of amides is 2. The number of benzene rings is 2. The van der Waals surface area contributed by atoms with Crippen LogP contribution < -0.4 is 11.1 Å². The number of carbonyl (C=O) groups excluding carboxylic acids is 2. The fraction of sp³-hybridized carbons (Fsp3) is 0. The van der Waals surface area contributed by atoms with Gasteiger partial charge in [0.2, 0.25) is 5.91 Å². The summed E-state index contributed by atoms with van der Waals surface area (Å²) in [6, 6.07) is 14.2. The molecule has 21 heavy (non-hydrogen) atoms. The Kier molecular flexibility index (Phi) is 4.90. The molecule has 0 aliphatic carbocycles. The second kappa shape index (κ2) is 6.85. The lowest BCUT2D eigenvalue weighted by atomic mass is 10.1. The molecule has 0 unspecified atom stereocenters. The average Bonchev–Trinajstić information content (AvgIpc) is 2.45. The molecule has 2 aromatic rings. The number of nitrogens with two attached hydrogens (primary N) is 1. The van der Waals surface area contributed by atoms with Gasteiger partial charge in [-0.1, -0.05) is 40.2 Å². The van der Waals surface area contributed by atoms with E-state index in [9.17, 15) is 9.59 Å². The smallest absolute Gasteiger partial charge is 0.250 e. The molecule has 3 N–H and O–H groups in total. The lowest BCUT2D eigenvalue weighted by Crippen LogP contribution is -2.16. The van der Waals surface area contributed by atoms with Crippen LogP contribution in [0.1, 0.15) is 15.9 Å². The first kappa shape index (κ1) is 15.0. The number of para-hydroxylation sites is 1. The summed E-state index contributed by atoms with van der Waals surface area (Å²) >= 11 is 3.36. The molecule has 0 bridgehead atoms. The van der Waals surface area contributed by atoms with Crippen LogP contribution in [0.4, 0.5) is 5.69 Å². The second-order valence-corrected chi connectivity index (χ2v) is 5.20. The van der Waals surface area contributed by atoms with Gasteiger partial charge in [-0.05, 0) is 35.9 Å². The summed E-state index contributed by atoms with van der Waals surface area (Å²) in [6.45, 7) is 0. The zero-order valence-electron chi connectivity index (χ0n) is 11.0. The summed E-state index contributed by atoms with van der Waals surface area (Å²) in [5, 5.41) is 2.64. The summed E-state index contributed by atoms with van der Waals surface area (Å²) in [6.07, 6.45) is 3.09. The summed E-state index contributed by atoms with van der Waals surface area (Å²) in [4.78, 5) is 23.2. The van der Waals surface area contributed by atoms with Gasteiger partial charge in [0.1, 0.15) is 0 Å². The summed E-state index contributed by atoms with van der Waals surface area (Å²) < 4.78 is 0.934. The van der Waals surface area contributed by atoms with E-state index in [1.807, 2.05) is 24.3 Å². The molecule has 0 saturated heterocycles. The molecule has 0 fully saturated rings. The van der Waals surface area contributed by atoms with Gasteiger partial charge in [0.15, 0.2) is 0 Å². The first-order valence-electron chi connectivity index (χ1n) is 6.20. The van der Waals surface area contributed by atoms with Crippen LogP contribution in [0.15, 0.2) is 59.1 Å². The highest BCUT2D eigenvalue weighted by Crippen LogP contribution is 2.15. The largest absolute Gasteiger partial charge is 0.366 e. The molecule has 2 aromatic carbocycles. The van der Waals surface area contributed by atoms with Gasteiger partial charge in [0.25, 0.3) is 5.91 Å². The van der Waals surface area contributed by atoms with Crippen molar-refractivity contribution in [3.63, 3.8) is 0 Å².